The number of benzene rings is 1. The molecule has 0 bridgehead atoms. The molecule has 0 unspecified atom stereocenters. The van der Waals surface area contributed by atoms with E-state index in [2.05, 4.69) is 21.7 Å². The average Bonchev–Trinajstić information content (AvgIpc) is 3.41. The van der Waals surface area contributed by atoms with Gasteiger partial charge in [-0.2, -0.15) is 11.8 Å². The van der Waals surface area contributed by atoms with Crippen LogP contribution in [0.1, 0.15) is 35.8 Å². The Morgan fingerprint density at radius 3 is 2.80 bits per heavy atom. The largest absolute Gasteiger partial charge is 0.464 e. The maximum absolute atomic E-state index is 12.9. The molecular weight excluding hydrogens is 462 g/mol. The molecule has 1 aliphatic rings. The highest BCUT2D eigenvalue weighted by Gasteiger charge is 2.26. The second kappa shape index (κ2) is 10.0. The molecule has 3 aromatic heterocycles. The standard InChI is InChI=1S/C26H29N5O3S/c1-16(32)29-23-21-13-19(30-18-8-11-35-12-9-18)15-28-25(21)31(24(23)26(33)34-2)10-7-17-14-27-22-6-4-3-5-20(17)22/h3-6,13-15,18,27,30H,7-12H2,1-2H3,(H,29,32). The third-order valence-electron chi connectivity index (χ3n) is 6.45. The molecule has 35 heavy (non-hydrogen) atoms. The first-order chi connectivity index (χ1) is 17.0. The van der Waals surface area contributed by atoms with Crippen LogP contribution in [-0.2, 0) is 22.5 Å². The Morgan fingerprint density at radius 1 is 1.23 bits per heavy atom. The molecule has 1 saturated heterocycles. The molecule has 0 spiro atoms. The number of nitrogens with one attached hydrogen (secondary N) is 3. The molecule has 0 aliphatic carbocycles. The molecule has 1 amide bonds. The van der Waals surface area contributed by atoms with Crippen molar-refractivity contribution in [1.82, 2.24) is 14.5 Å². The van der Waals surface area contributed by atoms with Crippen molar-refractivity contribution in [3.05, 3.63) is 54.0 Å². The van der Waals surface area contributed by atoms with Crippen LogP contribution in [0.5, 0.6) is 0 Å². The lowest BCUT2D eigenvalue weighted by molar-refractivity contribution is -0.114. The summed E-state index contributed by atoms with van der Waals surface area (Å²) in [6.07, 6.45) is 6.69. The first-order valence-corrected chi connectivity index (χ1v) is 13.0. The van der Waals surface area contributed by atoms with Gasteiger partial charge in [-0.3, -0.25) is 4.79 Å². The number of H-pyrrole nitrogens is 1. The molecule has 1 aromatic carbocycles. The van der Waals surface area contributed by atoms with Crippen LogP contribution in [0.25, 0.3) is 21.9 Å². The number of methoxy groups -OCH3 is 1. The highest BCUT2D eigenvalue weighted by atomic mass is 32.2. The number of hydrogen-bond donors (Lipinski definition) is 3. The van der Waals surface area contributed by atoms with Crippen LogP contribution in [0.4, 0.5) is 11.4 Å². The Bertz CT molecular complexity index is 1390. The lowest BCUT2D eigenvalue weighted by Crippen LogP contribution is -2.24. The van der Waals surface area contributed by atoms with E-state index in [1.807, 2.05) is 53.0 Å². The smallest absolute Gasteiger partial charge is 0.356 e. The molecule has 1 fully saturated rings. The molecule has 8 nitrogen and oxygen atoms in total. The van der Waals surface area contributed by atoms with E-state index in [0.717, 1.165) is 51.9 Å². The first-order valence-electron chi connectivity index (χ1n) is 11.8. The summed E-state index contributed by atoms with van der Waals surface area (Å²) >= 11 is 1.98. The third-order valence-corrected chi connectivity index (χ3v) is 7.50. The molecule has 4 heterocycles. The van der Waals surface area contributed by atoms with E-state index >= 15 is 0 Å². The number of ether oxygens (including phenoxy) is 1. The summed E-state index contributed by atoms with van der Waals surface area (Å²) in [4.78, 5) is 33.1. The van der Waals surface area contributed by atoms with Crippen molar-refractivity contribution in [2.75, 3.05) is 29.2 Å². The van der Waals surface area contributed by atoms with Crippen molar-refractivity contribution in [3.63, 3.8) is 0 Å². The van der Waals surface area contributed by atoms with Gasteiger partial charge in [-0.25, -0.2) is 9.78 Å². The van der Waals surface area contributed by atoms with Crippen LogP contribution >= 0.6 is 11.8 Å². The number of pyridine rings is 1. The van der Waals surface area contributed by atoms with Crippen LogP contribution in [0.2, 0.25) is 0 Å². The highest BCUT2D eigenvalue weighted by molar-refractivity contribution is 7.99. The number of aromatic nitrogens is 3. The van der Waals surface area contributed by atoms with Gasteiger partial charge in [0.2, 0.25) is 5.91 Å². The minimum Gasteiger partial charge on any atom is -0.464 e. The lowest BCUT2D eigenvalue weighted by Gasteiger charge is -2.23. The number of hydrogen-bond acceptors (Lipinski definition) is 6. The van der Waals surface area contributed by atoms with Gasteiger partial charge in [0.1, 0.15) is 5.65 Å². The second-order valence-corrected chi connectivity index (χ2v) is 10.0. The van der Waals surface area contributed by atoms with Crippen molar-refractivity contribution >= 4 is 56.9 Å². The van der Waals surface area contributed by atoms with Crippen LogP contribution in [0, 0.1) is 0 Å². The van der Waals surface area contributed by atoms with Crippen LogP contribution in [0.3, 0.4) is 0 Å². The number of esters is 1. The van der Waals surface area contributed by atoms with Crippen LogP contribution in [0.15, 0.2) is 42.7 Å². The maximum atomic E-state index is 12.9. The average molecular weight is 492 g/mol. The van der Waals surface area contributed by atoms with Gasteiger partial charge in [0.05, 0.1) is 24.7 Å². The van der Waals surface area contributed by atoms with Gasteiger partial charge in [0, 0.05) is 42.0 Å². The van der Waals surface area contributed by atoms with Gasteiger partial charge >= 0.3 is 5.97 Å². The topological polar surface area (TPSA) is 101 Å². The number of amides is 1. The van der Waals surface area contributed by atoms with E-state index in [9.17, 15) is 9.59 Å². The molecular formula is C26H29N5O3S. The zero-order valence-corrected chi connectivity index (χ0v) is 20.7. The Balaban J connectivity index is 1.56. The molecule has 1 aliphatic heterocycles. The predicted octanol–water partition coefficient (Wildman–Crippen LogP) is 4.81. The molecule has 182 valence electrons. The highest BCUT2D eigenvalue weighted by Crippen LogP contribution is 2.34. The predicted molar refractivity (Wildman–Crippen MR) is 141 cm³/mol. The number of anilines is 2. The van der Waals surface area contributed by atoms with Gasteiger partial charge in [0.15, 0.2) is 5.69 Å². The maximum Gasteiger partial charge on any atom is 0.356 e. The van der Waals surface area contributed by atoms with Crippen molar-refractivity contribution in [1.29, 1.82) is 0 Å². The summed E-state index contributed by atoms with van der Waals surface area (Å²) in [5, 5.41) is 8.32. The van der Waals surface area contributed by atoms with Gasteiger partial charge in [-0.15, -0.1) is 0 Å². The van der Waals surface area contributed by atoms with Crippen molar-refractivity contribution < 1.29 is 14.3 Å². The Morgan fingerprint density at radius 2 is 2.03 bits per heavy atom. The number of para-hydroxylation sites is 1. The Labute approximate surface area is 207 Å². The SMILES string of the molecule is COC(=O)c1c(NC(C)=O)c2cc(NC3CCSCC3)cnc2n1CCc1c[nH]c2ccccc12. The van der Waals surface area contributed by atoms with Gasteiger partial charge in [-0.1, -0.05) is 18.2 Å². The van der Waals surface area contributed by atoms with E-state index < -0.39 is 5.97 Å². The molecule has 0 atom stereocenters. The van der Waals surface area contributed by atoms with Crippen molar-refractivity contribution in [2.45, 2.75) is 38.8 Å². The van der Waals surface area contributed by atoms with E-state index in [1.54, 1.807) is 0 Å². The van der Waals surface area contributed by atoms with Gasteiger partial charge in [0.25, 0.3) is 0 Å². The summed E-state index contributed by atoms with van der Waals surface area (Å²) < 4.78 is 6.98. The monoisotopic (exact) mass is 491 g/mol. The number of aromatic amines is 1. The number of carbonyl (C=O) groups is 2. The van der Waals surface area contributed by atoms with Crippen LogP contribution in [-0.4, -0.2) is 51.1 Å². The number of carbonyl (C=O) groups excluding carboxylic acids is 2. The van der Waals surface area contributed by atoms with Gasteiger partial charge < -0.3 is 24.9 Å². The zero-order valence-electron chi connectivity index (χ0n) is 19.9. The lowest BCUT2D eigenvalue weighted by atomic mass is 10.1. The molecule has 5 rings (SSSR count). The summed E-state index contributed by atoms with van der Waals surface area (Å²) in [6, 6.07) is 10.5. The van der Waals surface area contributed by atoms with Crippen LogP contribution < -0.4 is 10.6 Å². The Hall–Kier alpha value is -3.46. The zero-order chi connectivity index (χ0) is 24.4. The van der Waals surface area contributed by atoms with E-state index in [-0.39, 0.29) is 5.91 Å². The van der Waals surface area contributed by atoms with Gasteiger partial charge in [-0.05, 0) is 48.5 Å². The fourth-order valence-electron chi connectivity index (χ4n) is 4.78. The summed E-state index contributed by atoms with van der Waals surface area (Å²) in [5.41, 5.74) is 4.48. The molecule has 3 N–H and O–H groups in total. The third kappa shape index (κ3) is 4.73. The number of aryl methyl sites for hydroxylation is 2. The molecule has 0 saturated carbocycles. The number of thioether (sulfide) groups is 1. The molecule has 9 heteroatoms. The fraction of sp³-hybridized carbons (Fsp3) is 0.346. The first kappa shape index (κ1) is 23.3. The summed E-state index contributed by atoms with van der Waals surface area (Å²) in [6.45, 7) is 1.94. The van der Waals surface area contributed by atoms with E-state index in [0.29, 0.717) is 36.0 Å². The minimum atomic E-state index is -0.510. The van der Waals surface area contributed by atoms with E-state index in [1.165, 1.54) is 14.0 Å². The molecule has 0 radical (unpaired) electrons. The Kier molecular flexibility index (Phi) is 6.68. The summed E-state index contributed by atoms with van der Waals surface area (Å²) in [5.74, 6) is 1.51. The quantitative estimate of drug-likeness (QED) is 0.321. The second-order valence-electron chi connectivity index (χ2n) is 8.78. The number of nitrogens with zero attached hydrogens (tertiary/aromatic N) is 2. The summed E-state index contributed by atoms with van der Waals surface area (Å²) in [7, 11) is 1.35. The van der Waals surface area contributed by atoms with Crippen molar-refractivity contribution in [2.24, 2.45) is 0 Å². The fourth-order valence-corrected chi connectivity index (χ4v) is 5.89. The normalized spacial score (nSPS) is 14.3. The molecule has 4 aromatic rings. The van der Waals surface area contributed by atoms with E-state index in [4.69, 9.17) is 9.72 Å². The number of rotatable bonds is 7. The minimum absolute atomic E-state index is 0.256. The number of fused-ring (bicyclic) bond motifs is 2. The van der Waals surface area contributed by atoms with Crippen molar-refractivity contribution in [3.8, 4) is 0 Å².